The topological polar surface area (TPSA) is 34.1 Å². The van der Waals surface area contributed by atoms with Gasteiger partial charge in [-0.25, -0.2) is 8.42 Å². The minimum atomic E-state index is -3.10. The largest absolute Gasteiger partial charge is 0.228 e. The number of hydrogen-bond donors (Lipinski definition) is 0. The third-order valence-electron chi connectivity index (χ3n) is 3.54. The Morgan fingerprint density at radius 2 is 1.83 bits per heavy atom. The first-order chi connectivity index (χ1) is 8.51. The first-order valence-electron chi connectivity index (χ1n) is 6.46. The molecule has 0 saturated heterocycles. The minimum Gasteiger partial charge on any atom is -0.228 e. The smallest absolute Gasteiger partial charge is 0.163 e. The molecule has 0 aromatic carbocycles. The summed E-state index contributed by atoms with van der Waals surface area (Å²) in [7, 11) is -3.10. The summed E-state index contributed by atoms with van der Waals surface area (Å²) < 4.78 is 24.9. The van der Waals surface area contributed by atoms with Crippen LogP contribution in [0.5, 0.6) is 0 Å². The second-order valence-corrected chi connectivity index (χ2v) is 7.56. The van der Waals surface area contributed by atoms with Gasteiger partial charge in [-0.1, -0.05) is 56.4 Å². The van der Waals surface area contributed by atoms with Crippen LogP contribution in [0.2, 0.25) is 0 Å². The molecule has 2 unspecified atom stereocenters. The molecule has 18 heavy (non-hydrogen) atoms. The Morgan fingerprint density at radius 3 is 2.33 bits per heavy atom. The van der Waals surface area contributed by atoms with E-state index >= 15 is 0 Å². The predicted octanol–water partition coefficient (Wildman–Crippen LogP) is 3.20. The van der Waals surface area contributed by atoms with Gasteiger partial charge in [0.05, 0.1) is 10.5 Å². The molecule has 0 aromatic heterocycles. The summed E-state index contributed by atoms with van der Waals surface area (Å²) in [6.07, 6.45) is 14.6. The maximum absolute atomic E-state index is 12.5. The maximum Gasteiger partial charge on any atom is 0.163 e. The van der Waals surface area contributed by atoms with Gasteiger partial charge in [0.2, 0.25) is 0 Å². The monoisotopic (exact) mass is 264 g/mol. The molecule has 2 nitrogen and oxygen atoms in total. The molecule has 0 fully saturated rings. The first kappa shape index (κ1) is 13.3. The van der Waals surface area contributed by atoms with Crippen molar-refractivity contribution in [3.05, 3.63) is 48.1 Å². The summed E-state index contributed by atoms with van der Waals surface area (Å²) >= 11 is 0. The van der Waals surface area contributed by atoms with Gasteiger partial charge in [0.1, 0.15) is 0 Å². The van der Waals surface area contributed by atoms with Gasteiger partial charge < -0.3 is 0 Å². The molecule has 2 aliphatic rings. The second-order valence-electron chi connectivity index (χ2n) is 5.17. The van der Waals surface area contributed by atoms with Crippen LogP contribution in [0, 0.1) is 5.92 Å². The Kier molecular flexibility index (Phi) is 3.91. The van der Waals surface area contributed by atoms with Crippen molar-refractivity contribution in [2.45, 2.75) is 37.2 Å². The van der Waals surface area contributed by atoms with E-state index in [1.807, 2.05) is 30.4 Å². The quantitative estimate of drug-likeness (QED) is 0.784. The lowest BCUT2D eigenvalue weighted by atomic mass is 9.97. The van der Waals surface area contributed by atoms with Crippen molar-refractivity contribution >= 4 is 9.84 Å². The highest BCUT2D eigenvalue weighted by Gasteiger charge is 2.31. The van der Waals surface area contributed by atoms with Crippen molar-refractivity contribution in [3.63, 3.8) is 0 Å². The van der Waals surface area contributed by atoms with Crippen LogP contribution in [0.25, 0.3) is 0 Å². The fourth-order valence-electron chi connectivity index (χ4n) is 2.32. The van der Waals surface area contributed by atoms with Crippen LogP contribution in [-0.2, 0) is 9.84 Å². The second kappa shape index (κ2) is 5.27. The summed E-state index contributed by atoms with van der Waals surface area (Å²) in [5.41, 5.74) is 1.24. The zero-order valence-electron chi connectivity index (χ0n) is 10.9. The average molecular weight is 264 g/mol. The molecular weight excluding hydrogens is 244 g/mol. The van der Waals surface area contributed by atoms with Gasteiger partial charge >= 0.3 is 0 Å². The van der Waals surface area contributed by atoms with Crippen molar-refractivity contribution in [2.75, 3.05) is 0 Å². The molecule has 0 aromatic rings. The van der Waals surface area contributed by atoms with Crippen LogP contribution in [0.15, 0.2) is 48.1 Å². The highest BCUT2D eigenvalue weighted by Crippen LogP contribution is 2.26. The molecular formula is C15H20O2S. The fourth-order valence-corrected chi connectivity index (χ4v) is 4.12. The predicted molar refractivity (Wildman–Crippen MR) is 76.1 cm³/mol. The van der Waals surface area contributed by atoms with E-state index in [9.17, 15) is 8.42 Å². The molecule has 0 radical (unpaired) electrons. The van der Waals surface area contributed by atoms with Gasteiger partial charge in [0.25, 0.3) is 0 Å². The van der Waals surface area contributed by atoms with Crippen molar-refractivity contribution in [3.8, 4) is 0 Å². The molecule has 0 bridgehead atoms. The highest BCUT2D eigenvalue weighted by atomic mass is 32.2. The van der Waals surface area contributed by atoms with Crippen molar-refractivity contribution in [2.24, 2.45) is 5.92 Å². The Balaban J connectivity index is 2.12. The maximum atomic E-state index is 12.5. The average Bonchev–Trinajstić information content (AvgIpc) is 2.40. The van der Waals surface area contributed by atoms with E-state index in [0.717, 1.165) is 0 Å². The van der Waals surface area contributed by atoms with E-state index in [2.05, 4.69) is 19.9 Å². The zero-order valence-corrected chi connectivity index (χ0v) is 11.7. The molecule has 2 aliphatic carbocycles. The normalized spacial score (nSPS) is 27.6. The van der Waals surface area contributed by atoms with E-state index in [4.69, 9.17) is 0 Å². The number of rotatable bonds is 3. The van der Waals surface area contributed by atoms with Crippen molar-refractivity contribution in [1.29, 1.82) is 0 Å². The van der Waals surface area contributed by atoms with Crippen molar-refractivity contribution < 1.29 is 8.42 Å². The van der Waals surface area contributed by atoms with Crippen LogP contribution in [-0.4, -0.2) is 18.9 Å². The minimum absolute atomic E-state index is 0.355. The molecule has 98 valence electrons. The van der Waals surface area contributed by atoms with Crippen LogP contribution in [0.4, 0.5) is 0 Å². The summed E-state index contributed by atoms with van der Waals surface area (Å²) in [6, 6.07) is 0. The summed E-state index contributed by atoms with van der Waals surface area (Å²) in [5.74, 6) is 0.461. The van der Waals surface area contributed by atoms with Crippen LogP contribution >= 0.6 is 0 Å². The highest BCUT2D eigenvalue weighted by molar-refractivity contribution is 7.93. The Labute approximate surface area is 110 Å². The van der Waals surface area contributed by atoms with Gasteiger partial charge in [-0.15, -0.1) is 0 Å². The van der Waals surface area contributed by atoms with Gasteiger partial charge in [0, 0.05) is 0 Å². The molecule has 2 atom stereocenters. The van der Waals surface area contributed by atoms with E-state index < -0.39 is 9.84 Å². The molecule has 0 amide bonds. The molecule has 3 heteroatoms. The molecule has 0 heterocycles. The number of allylic oxidation sites excluding steroid dienone is 6. The lowest BCUT2D eigenvalue weighted by molar-refractivity contribution is 0.579. The zero-order chi connectivity index (χ0) is 13.2. The summed E-state index contributed by atoms with van der Waals surface area (Å²) in [5, 5.41) is -0.715. The van der Waals surface area contributed by atoms with E-state index in [1.54, 1.807) is 6.08 Å². The fraction of sp³-hybridized carbons (Fsp3) is 0.467. The Bertz CT molecular complexity index is 519. The molecule has 0 saturated carbocycles. The van der Waals surface area contributed by atoms with Crippen molar-refractivity contribution in [1.82, 2.24) is 0 Å². The van der Waals surface area contributed by atoms with Crippen LogP contribution in [0.3, 0.4) is 0 Å². The van der Waals surface area contributed by atoms with E-state index in [-0.39, 0.29) is 10.5 Å². The van der Waals surface area contributed by atoms with Gasteiger partial charge in [-0.05, 0) is 24.3 Å². The van der Waals surface area contributed by atoms with Crippen LogP contribution in [0.1, 0.15) is 26.7 Å². The Morgan fingerprint density at radius 1 is 1.11 bits per heavy atom. The number of sulfone groups is 1. The molecule has 0 N–H and O–H groups in total. The number of hydrogen-bond acceptors (Lipinski definition) is 2. The molecule has 0 aliphatic heterocycles. The lowest BCUT2D eigenvalue weighted by Crippen LogP contribution is -2.30. The molecule has 0 spiro atoms. The summed E-state index contributed by atoms with van der Waals surface area (Å²) in [4.78, 5) is 0. The first-order valence-corrected chi connectivity index (χ1v) is 8.07. The lowest BCUT2D eigenvalue weighted by Gasteiger charge is -2.23. The van der Waals surface area contributed by atoms with Gasteiger partial charge in [-0.2, -0.15) is 0 Å². The third kappa shape index (κ3) is 2.66. The molecule has 2 rings (SSSR count). The van der Waals surface area contributed by atoms with Gasteiger partial charge in [0.15, 0.2) is 9.84 Å². The van der Waals surface area contributed by atoms with Gasteiger partial charge in [-0.3, -0.25) is 0 Å². The standard InChI is InChI=1S/C15H20O2S/c1-12(2)13-8-10-15(11-9-13)18(16,17)14-6-4-3-5-7-14/h3-6,8-10,12,14-15H,7,11H2,1-2H3. The SMILES string of the molecule is CC(C)C1=CCC(S(=O)(=O)C2C=CC=CC2)C=C1. The summed E-state index contributed by atoms with van der Waals surface area (Å²) in [6.45, 7) is 4.25. The van der Waals surface area contributed by atoms with Crippen LogP contribution < -0.4 is 0 Å². The third-order valence-corrected chi connectivity index (χ3v) is 5.93. The van der Waals surface area contributed by atoms with E-state index in [0.29, 0.717) is 18.8 Å². The Hall–Kier alpha value is -1.09. The van der Waals surface area contributed by atoms with E-state index in [1.165, 1.54) is 5.57 Å².